The van der Waals surface area contributed by atoms with Gasteiger partial charge in [0.15, 0.2) is 16.1 Å². The summed E-state index contributed by atoms with van der Waals surface area (Å²) < 4.78 is 1.98. The third-order valence-corrected chi connectivity index (χ3v) is 5.72. The summed E-state index contributed by atoms with van der Waals surface area (Å²) in [5.41, 5.74) is 1.91. The normalized spacial score (nSPS) is 11.9. The maximum atomic E-state index is 12.5. The molecule has 1 atom stereocenters. The molecule has 140 valence electrons. The van der Waals surface area contributed by atoms with Crippen LogP contribution >= 0.6 is 23.1 Å². The van der Waals surface area contributed by atoms with E-state index in [1.54, 1.807) is 6.20 Å². The fourth-order valence-corrected chi connectivity index (χ4v) is 4.03. The third kappa shape index (κ3) is 3.97. The summed E-state index contributed by atoms with van der Waals surface area (Å²) in [5, 5.41) is 14.3. The van der Waals surface area contributed by atoms with Gasteiger partial charge in [-0.3, -0.25) is 9.36 Å². The smallest absolute Gasteiger partial charge is 0.239 e. The SMILES string of the molecule is CC(Sc1nnc(-c2ccccc2)n1-c1ccccc1)C(=O)Nc1nccs1. The topological polar surface area (TPSA) is 72.7 Å². The molecule has 0 saturated heterocycles. The van der Waals surface area contributed by atoms with E-state index in [-0.39, 0.29) is 11.2 Å². The number of para-hydroxylation sites is 1. The highest BCUT2D eigenvalue weighted by atomic mass is 32.2. The number of benzene rings is 2. The summed E-state index contributed by atoms with van der Waals surface area (Å²) in [6.07, 6.45) is 1.66. The zero-order valence-corrected chi connectivity index (χ0v) is 16.7. The lowest BCUT2D eigenvalue weighted by Crippen LogP contribution is -2.22. The Morgan fingerprint density at radius 2 is 1.79 bits per heavy atom. The Bertz CT molecular complexity index is 1050. The van der Waals surface area contributed by atoms with Crippen molar-refractivity contribution >= 4 is 34.1 Å². The lowest BCUT2D eigenvalue weighted by molar-refractivity contribution is -0.115. The molecule has 0 saturated carbocycles. The van der Waals surface area contributed by atoms with Crippen LogP contribution < -0.4 is 5.32 Å². The predicted octanol–water partition coefficient (Wildman–Crippen LogP) is 4.51. The van der Waals surface area contributed by atoms with Crippen LogP contribution in [0, 0.1) is 0 Å². The van der Waals surface area contributed by atoms with Crippen LogP contribution in [0.4, 0.5) is 5.13 Å². The maximum absolute atomic E-state index is 12.5. The Kier molecular flexibility index (Phi) is 5.50. The predicted molar refractivity (Wildman–Crippen MR) is 113 cm³/mol. The van der Waals surface area contributed by atoms with E-state index >= 15 is 0 Å². The molecule has 6 nitrogen and oxygen atoms in total. The molecular formula is C20H17N5OS2. The Hall–Kier alpha value is -2.97. The van der Waals surface area contributed by atoms with Gasteiger partial charge < -0.3 is 5.32 Å². The molecule has 0 spiro atoms. The molecule has 2 aromatic carbocycles. The zero-order valence-electron chi connectivity index (χ0n) is 15.0. The summed E-state index contributed by atoms with van der Waals surface area (Å²) in [7, 11) is 0. The number of thiazole rings is 1. The van der Waals surface area contributed by atoms with Crippen molar-refractivity contribution in [3.05, 3.63) is 72.2 Å². The minimum atomic E-state index is -0.362. The van der Waals surface area contributed by atoms with Gasteiger partial charge in [-0.15, -0.1) is 21.5 Å². The van der Waals surface area contributed by atoms with Crippen molar-refractivity contribution in [1.29, 1.82) is 0 Å². The van der Waals surface area contributed by atoms with Crippen LogP contribution in [0.3, 0.4) is 0 Å². The number of nitrogens with one attached hydrogen (secondary N) is 1. The number of hydrogen-bond donors (Lipinski definition) is 1. The second-order valence-electron chi connectivity index (χ2n) is 5.93. The molecule has 2 aromatic heterocycles. The first-order valence-electron chi connectivity index (χ1n) is 8.65. The average Bonchev–Trinajstić information content (AvgIpc) is 3.39. The number of anilines is 1. The van der Waals surface area contributed by atoms with Gasteiger partial charge in [-0.25, -0.2) is 4.98 Å². The largest absolute Gasteiger partial charge is 0.301 e. The van der Waals surface area contributed by atoms with E-state index in [1.807, 2.05) is 77.5 Å². The number of thioether (sulfide) groups is 1. The van der Waals surface area contributed by atoms with E-state index in [1.165, 1.54) is 23.1 Å². The third-order valence-electron chi connectivity index (χ3n) is 3.99. The first kappa shape index (κ1) is 18.4. The van der Waals surface area contributed by atoms with Crippen LogP contribution in [0.5, 0.6) is 0 Å². The highest BCUT2D eigenvalue weighted by Gasteiger charge is 2.22. The molecule has 0 aliphatic heterocycles. The van der Waals surface area contributed by atoms with Gasteiger partial charge in [0, 0.05) is 22.8 Å². The average molecular weight is 408 g/mol. The molecule has 0 bridgehead atoms. The van der Waals surface area contributed by atoms with Crippen molar-refractivity contribution in [3.63, 3.8) is 0 Å². The number of aromatic nitrogens is 4. The molecule has 4 rings (SSSR count). The summed E-state index contributed by atoms with van der Waals surface area (Å²) in [6.45, 7) is 1.85. The van der Waals surface area contributed by atoms with E-state index < -0.39 is 0 Å². The molecule has 8 heteroatoms. The fraction of sp³-hybridized carbons (Fsp3) is 0.100. The Morgan fingerprint density at radius 1 is 1.07 bits per heavy atom. The first-order valence-corrected chi connectivity index (χ1v) is 10.4. The fourth-order valence-electron chi connectivity index (χ4n) is 2.63. The van der Waals surface area contributed by atoms with Crippen molar-refractivity contribution < 1.29 is 4.79 Å². The number of nitrogens with zero attached hydrogens (tertiary/aromatic N) is 4. The molecule has 0 fully saturated rings. The lowest BCUT2D eigenvalue weighted by atomic mass is 10.2. The van der Waals surface area contributed by atoms with Gasteiger partial charge in [-0.05, 0) is 19.1 Å². The van der Waals surface area contributed by atoms with Crippen molar-refractivity contribution in [2.24, 2.45) is 0 Å². The van der Waals surface area contributed by atoms with E-state index in [0.717, 1.165) is 17.1 Å². The van der Waals surface area contributed by atoms with Crippen LogP contribution in [0.25, 0.3) is 17.1 Å². The van der Waals surface area contributed by atoms with Gasteiger partial charge in [0.25, 0.3) is 0 Å². The molecule has 1 amide bonds. The van der Waals surface area contributed by atoms with E-state index in [9.17, 15) is 4.79 Å². The van der Waals surface area contributed by atoms with E-state index in [4.69, 9.17) is 0 Å². The minimum absolute atomic E-state index is 0.121. The van der Waals surface area contributed by atoms with Crippen LogP contribution in [-0.4, -0.2) is 30.9 Å². The van der Waals surface area contributed by atoms with Crippen LogP contribution in [0.15, 0.2) is 77.4 Å². The molecule has 4 aromatic rings. The highest BCUT2D eigenvalue weighted by molar-refractivity contribution is 8.00. The molecule has 0 aliphatic rings. The maximum Gasteiger partial charge on any atom is 0.239 e. The Balaban J connectivity index is 1.65. The summed E-state index contributed by atoms with van der Waals surface area (Å²) in [4.78, 5) is 16.6. The Labute approximate surface area is 170 Å². The van der Waals surface area contributed by atoms with Gasteiger partial charge in [0.2, 0.25) is 5.91 Å². The number of amides is 1. The van der Waals surface area contributed by atoms with E-state index in [0.29, 0.717) is 10.3 Å². The van der Waals surface area contributed by atoms with Gasteiger partial charge >= 0.3 is 0 Å². The lowest BCUT2D eigenvalue weighted by Gasteiger charge is -2.13. The minimum Gasteiger partial charge on any atom is -0.301 e. The summed E-state index contributed by atoms with van der Waals surface area (Å²) >= 11 is 2.76. The number of rotatable bonds is 6. The van der Waals surface area contributed by atoms with Crippen molar-refractivity contribution in [2.75, 3.05) is 5.32 Å². The molecular weight excluding hydrogens is 390 g/mol. The first-order chi connectivity index (χ1) is 13.7. The number of carbonyl (C=O) groups is 1. The quantitative estimate of drug-likeness (QED) is 0.476. The molecule has 1 unspecified atom stereocenters. The Morgan fingerprint density at radius 3 is 2.46 bits per heavy atom. The van der Waals surface area contributed by atoms with E-state index in [2.05, 4.69) is 20.5 Å². The van der Waals surface area contributed by atoms with Crippen LogP contribution in [0.1, 0.15) is 6.92 Å². The highest BCUT2D eigenvalue weighted by Crippen LogP contribution is 2.30. The summed E-state index contributed by atoms with van der Waals surface area (Å²) in [5.74, 6) is 0.616. The van der Waals surface area contributed by atoms with Crippen LogP contribution in [-0.2, 0) is 4.79 Å². The van der Waals surface area contributed by atoms with Gasteiger partial charge in [0.05, 0.1) is 5.25 Å². The van der Waals surface area contributed by atoms with Gasteiger partial charge in [-0.1, -0.05) is 60.3 Å². The zero-order chi connectivity index (χ0) is 19.3. The number of hydrogen-bond acceptors (Lipinski definition) is 6. The van der Waals surface area contributed by atoms with Crippen molar-refractivity contribution in [1.82, 2.24) is 19.7 Å². The molecule has 0 aliphatic carbocycles. The summed E-state index contributed by atoms with van der Waals surface area (Å²) in [6, 6.07) is 19.8. The van der Waals surface area contributed by atoms with Crippen LogP contribution in [0.2, 0.25) is 0 Å². The van der Waals surface area contributed by atoms with Crippen molar-refractivity contribution in [3.8, 4) is 17.1 Å². The second kappa shape index (κ2) is 8.37. The van der Waals surface area contributed by atoms with Gasteiger partial charge in [-0.2, -0.15) is 0 Å². The molecule has 0 radical (unpaired) electrons. The molecule has 2 heterocycles. The van der Waals surface area contributed by atoms with Crippen molar-refractivity contribution in [2.45, 2.75) is 17.3 Å². The standard InChI is InChI=1S/C20H17N5OS2/c1-14(18(26)22-19-21-12-13-27-19)28-20-24-23-17(15-8-4-2-5-9-15)25(20)16-10-6-3-7-11-16/h2-14H,1H3,(H,21,22,26). The monoisotopic (exact) mass is 407 g/mol. The number of carbonyl (C=O) groups excluding carboxylic acids is 1. The molecule has 1 N–H and O–H groups in total. The second-order valence-corrected chi connectivity index (χ2v) is 8.13. The van der Waals surface area contributed by atoms with Gasteiger partial charge in [0.1, 0.15) is 0 Å². The molecule has 28 heavy (non-hydrogen) atoms.